The van der Waals surface area contributed by atoms with Crippen molar-refractivity contribution in [1.29, 1.82) is 0 Å². The van der Waals surface area contributed by atoms with Gasteiger partial charge in [-0.2, -0.15) is 0 Å². The zero-order valence-electron chi connectivity index (χ0n) is 16.8. The molecule has 2 N–H and O–H groups in total. The smallest absolute Gasteiger partial charge is 0.341 e. The van der Waals surface area contributed by atoms with Crippen molar-refractivity contribution in [2.24, 2.45) is 0 Å². The van der Waals surface area contributed by atoms with Crippen LogP contribution in [0.1, 0.15) is 27.6 Å². The lowest BCUT2D eigenvalue weighted by atomic mass is 10.1. The Morgan fingerprint density at radius 2 is 1.80 bits per heavy atom. The SMILES string of the molecule is C[C@@H](OC(=O)c1cc(S(=O)(=O)N(C)C)ccc1NCCO)C(=O)c1ccc(Cl)cc1. The molecule has 10 heteroatoms. The van der Waals surface area contributed by atoms with Crippen molar-refractivity contribution in [2.75, 3.05) is 32.6 Å². The lowest BCUT2D eigenvalue weighted by molar-refractivity contribution is 0.0319. The van der Waals surface area contributed by atoms with E-state index < -0.39 is 27.9 Å². The number of carbonyl (C=O) groups is 2. The van der Waals surface area contributed by atoms with Crippen LogP contribution in [0.15, 0.2) is 47.4 Å². The van der Waals surface area contributed by atoms with Crippen LogP contribution in [0, 0.1) is 0 Å². The Morgan fingerprint density at radius 1 is 1.17 bits per heavy atom. The molecule has 1 atom stereocenters. The van der Waals surface area contributed by atoms with E-state index in [-0.39, 0.29) is 29.3 Å². The number of sulfonamides is 1. The monoisotopic (exact) mass is 454 g/mol. The summed E-state index contributed by atoms with van der Waals surface area (Å²) in [6.07, 6.45) is -1.11. The molecule has 0 saturated heterocycles. The van der Waals surface area contributed by atoms with Crippen molar-refractivity contribution in [3.63, 3.8) is 0 Å². The van der Waals surface area contributed by atoms with E-state index in [0.717, 1.165) is 4.31 Å². The van der Waals surface area contributed by atoms with Crippen molar-refractivity contribution in [2.45, 2.75) is 17.9 Å². The maximum atomic E-state index is 12.8. The minimum Gasteiger partial charge on any atom is -0.451 e. The number of aliphatic hydroxyl groups is 1. The summed E-state index contributed by atoms with van der Waals surface area (Å²) >= 11 is 5.82. The fourth-order valence-electron chi connectivity index (χ4n) is 2.53. The van der Waals surface area contributed by atoms with Crippen LogP contribution in [0.3, 0.4) is 0 Å². The Hall–Kier alpha value is -2.46. The average molecular weight is 455 g/mol. The van der Waals surface area contributed by atoms with Crippen molar-refractivity contribution < 1.29 is 27.9 Å². The van der Waals surface area contributed by atoms with Gasteiger partial charge in [-0.3, -0.25) is 4.79 Å². The van der Waals surface area contributed by atoms with E-state index in [0.29, 0.717) is 10.6 Å². The number of benzene rings is 2. The zero-order chi connectivity index (χ0) is 22.5. The minimum absolute atomic E-state index is 0.0675. The molecule has 0 radical (unpaired) electrons. The van der Waals surface area contributed by atoms with Crippen LogP contribution >= 0.6 is 11.6 Å². The number of nitrogens with one attached hydrogen (secondary N) is 1. The van der Waals surface area contributed by atoms with Crippen molar-refractivity contribution in [3.05, 3.63) is 58.6 Å². The van der Waals surface area contributed by atoms with Gasteiger partial charge < -0.3 is 15.2 Å². The molecule has 30 heavy (non-hydrogen) atoms. The molecule has 0 bridgehead atoms. The van der Waals surface area contributed by atoms with Gasteiger partial charge in [0.2, 0.25) is 15.8 Å². The highest BCUT2D eigenvalue weighted by atomic mass is 35.5. The Bertz CT molecular complexity index is 1020. The topological polar surface area (TPSA) is 113 Å². The van der Waals surface area contributed by atoms with Crippen molar-refractivity contribution >= 4 is 39.1 Å². The van der Waals surface area contributed by atoms with Gasteiger partial charge in [0.25, 0.3) is 0 Å². The second kappa shape index (κ2) is 10.0. The van der Waals surface area contributed by atoms with Gasteiger partial charge in [-0.25, -0.2) is 17.5 Å². The predicted octanol–water partition coefficient (Wildman–Crippen LogP) is 2.42. The lowest BCUT2D eigenvalue weighted by Crippen LogP contribution is -2.26. The predicted molar refractivity (Wildman–Crippen MR) is 114 cm³/mol. The summed E-state index contributed by atoms with van der Waals surface area (Å²) in [7, 11) is -1.05. The molecule has 2 rings (SSSR count). The third kappa shape index (κ3) is 5.57. The first-order valence-corrected chi connectivity index (χ1v) is 10.8. The summed E-state index contributed by atoms with van der Waals surface area (Å²) in [5, 5.41) is 12.3. The first-order valence-electron chi connectivity index (χ1n) is 9.00. The highest BCUT2D eigenvalue weighted by Crippen LogP contribution is 2.24. The fourth-order valence-corrected chi connectivity index (χ4v) is 3.59. The summed E-state index contributed by atoms with van der Waals surface area (Å²) in [5.41, 5.74) is 0.530. The Morgan fingerprint density at radius 3 is 2.37 bits per heavy atom. The van der Waals surface area contributed by atoms with Crippen LogP contribution in [-0.4, -0.2) is 62.9 Å². The zero-order valence-corrected chi connectivity index (χ0v) is 18.3. The van der Waals surface area contributed by atoms with E-state index in [4.69, 9.17) is 21.4 Å². The molecule has 162 valence electrons. The molecule has 2 aromatic carbocycles. The van der Waals surface area contributed by atoms with Crippen molar-refractivity contribution in [3.8, 4) is 0 Å². The molecule has 0 amide bonds. The van der Waals surface area contributed by atoms with Gasteiger partial charge in [0.15, 0.2) is 6.10 Å². The van der Waals surface area contributed by atoms with E-state index in [2.05, 4.69) is 5.32 Å². The van der Waals surface area contributed by atoms with Crippen LogP contribution in [0.4, 0.5) is 5.69 Å². The lowest BCUT2D eigenvalue weighted by Gasteiger charge is -2.17. The molecule has 0 aliphatic carbocycles. The number of ether oxygens (including phenoxy) is 1. The third-order valence-electron chi connectivity index (χ3n) is 4.20. The van der Waals surface area contributed by atoms with E-state index in [1.54, 1.807) is 12.1 Å². The number of hydrogen-bond acceptors (Lipinski definition) is 7. The van der Waals surface area contributed by atoms with E-state index in [1.807, 2.05) is 0 Å². The molecule has 2 aromatic rings. The molecule has 8 nitrogen and oxygen atoms in total. The number of rotatable bonds is 9. The third-order valence-corrected chi connectivity index (χ3v) is 6.26. The number of ketones is 1. The molecule has 0 aliphatic rings. The van der Waals surface area contributed by atoms with Crippen LogP contribution in [-0.2, 0) is 14.8 Å². The molecular formula is C20H23ClN2O6S. The highest BCUT2D eigenvalue weighted by molar-refractivity contribution is 7.89. The standard InChI is InChI=1S/C20H23ClN2O6S/c1-13(19(25)14-4-6-15(21)7-5-14)29-20(26)17-12-16(30(27,28)23(2)3)8-9-18(17)22-10-11-24/h4-9,12-13,22,24H,10-11H2,1-3H3/t13-/m1/s1. The number of anilines is 1. The normalized spacial score (nSPS) is 12.5. The molecule has 0 aliphatic heterocycles. The van der Waals surface area contributed by atoms with Crippen LogP contribution < -0.4 is 5.32 Å². The van der Waals surface area contributed by atoms with E-state index in [1.165, 1.54) is 51.4 Å². The van der Waals surface area contributed by atoms with E-state index >= 15 is 0 Å². The number of hydrogen-bond donors (Lipinski definition) is 2. The fraction of sp³-hybridized carbons (Fsp3) is 0.300. The molecule has 0 saturated carbocycles. The first kappa shape index (κ1) is 23.8. The molecule has 0 unspecified atom stereocenters. The largest absolute Gasteiger partial charge is 0.451 e. The summed E-state index contributed by atoms with van der Waals surface area (Å²) in [6, 6.07) is 10.1. The first-order chi connectivity index (χ1) is 14.1. The van der Waals surface area contributed by atoms with Gasteiger partial charge in [-0.05, 0) is 49.4 Å². The van der Waals surface area contributed by atoms with E-state index in [9.17, 15) is 18.0 Å². The average Bonchev–Trinajstić information content (AvgIpc) is 2.71. The Labute approximate surface area is 180 Å². The summed E-state index contributed by atoms with van der Waals surface area (Å²) in [6.45, 7) is 1.37. The maximum Gasteiger partial charge on any atom is 0.341 e. The van der Waals surface area contributed by atoms with Gasteiger partial charge in [0.05, 0.1) is 17.1 Å². The second-order valence-corrected chi connectivity index (χ2v) is 9.15. The number of carbonyl (C=O) groups excluding carboxylic acids is 2. The number of nitrogens with zero attached hydrogens (tertiary/aromatic N) is 1. The maximum absolute atomic E-state index is 12.8. The summed E-state index contributed by atoms with van der Waals surface area (Å²) < 4.78 is 31.2. The van der Waals surface area contributed by atoms with Crippen LogP contribution in [0.5, 0.6) is 0 Å². The van der Waals surface area contributed by atoms with Gasteiger partial charge in [-0.1, -0.05) is 11.6 Å². The van der Waals surface area contributed by atoms with Crippen molar-refractivity contribution in [1.82, 2.24) is 4.31 Å². The molecule has 0 spiro atoms. The number of esters is 1. The molecule has 0 aromatic heterocycles. The Kier molecular flexibility index (Phi) is 7.96. The molecule has 0 heterocycles. The number of aliphatic hydroxyl groups excluding tert-OH is 1. The quantitative estimate of drug-likeness (QED) is 0.442. The van der Waals surface area contributed by atoms with Crippen LogP contribution in [0.2, 0.25) is 5.02 Å². The van der Waals surface area contributed by atoms with Gasteiger partial charge in [0.1, 0.15) is 0 Å². The molecule has 0 fully saturated rings. The number of Topliss-reactive ketones (excluding diaryl/α,β-unsaturated/α-hetero) is 1. The number of halogens is 1. The summed E-state index contributed by atoms with van der Waals surface area (Å²) in [5.74, 6) is -1.30. The van der Waals surface area contributed by atoms with Crippen LogP contribution in [0.25, 0.3) is 0 Å². The van der Waals surface area contributed by atoms with Gasteiger partial charge >= 0.3 is 5.97 Å². The summed E-state index contributed by atoms with van der Waals surface area (Å²) in [4.78, 5) is 25.2. The van der Waals surface area contributed by atoms with Gasteiger partial charge in [0, 0.05) is 36.9 Å². The second-order valence-electron chi connectivity index (χ2n) is 6.56. The van der Waals surface area contributed by atoms with Gasteiger partial charge in [-0.15, -0.1) is 0 Å². The highest BCUT2D eigenvalue weighted by Gasteiger charge is 2.25. The minimum atomic E-state index is -3.79. The molecular weight excluding hydrogens is 432 g/mol. The Balaban J connectivity index is 2.33.